The second-order valence-corrected chi connectivity index (χ2v) is 5.74. The second kappa shape index (κ2) is 5.14. The van der Waals surface area contributed by atoms with Crippen LogP contribution in [-0.4, -0.2) is 26.2 Å². The molecule has 2 aromatic heterocycles. The summed E-state index contributed by atoms with van der Waals surface area (Å²) in [5.41, 5.74) is 2.59. The minimum Gasteiger partial charge on any atom is -0.356 e. The molecule has 1 aliphatic rings. The standard InChI is InChI=1S/C16H18N4O2/c1-19-16(21)13(10-17-19)11-5-6-14-12(8-11)9-18-20(14)15-4-2-3-7-22-15/h5-6,8-10,15,17H,2-4,7H2,1H3. The third-order valence-electron chi connectivity index (χ3n) is 4.27. The van der Waals surface area contributed by atoms with Crippen molar-refractivity contribution in [3.8, 4) is 11.1 Å². The molecule has 1 aromatic carbocycles. The van der Waals surface area contributed by atoms with Gasteiger partial charge in [0.25, 0.3) is 5.56 Å². The normalized spacial score (nSPS) is 18.9. The predicted octanol–water partition coefficient (Wildman–Crippen LogP) is 2.43. The van der Waals surface area contributed by atoms with Gasteiger partial charge >= 0.3 is 0 Å². The van der Waals surface area contributed by atoms with E-state index in [1.807, 2.05) is 29.1 Å². The average Bonchev–Trinajstić information content (AvgIpc) is 3.12. The Labute approximate surface area is 127 Å². The fourth-order valence-electron chi connectivity index (χ4n) is 3.04. The Bertz CT molecular complexity index is 868. The van der Waals surface area contributed by atoms with E-state index in [-0.39, 0.29) is 11.8 Å². The van der Waals surface area contributed by atoms with Crippen LogP contribution in [0.25, 0.3) is 22.0 Å². The van der Waals surface area contributed by atoms with E-state index in [9.17, 15) is 4.79 Å². The molecule has 0 spiro atoms. The molecule has 6 nitrogen and oxygen atoms in total. The topological polar surface area (TPSA) is 64.8 Å². The maximum Gasteiger partial charge on any atom is 0.274 e. The Hall–Kier alpha value is -2.34. The van der Waals surface area contributed by atoms with Gasteiger partial charge in [0.15, 0.2) is 6.23 Å². The summed E-state index contributed by atoms with van der Waals surface area (Å²) in [4.78, 5) is 12.0. The lowest BCUT2D eigenvalue weighted by Gasteiger charge is -2.23. The van der Waals surface area contributed by atoms with Gasteiger partial charge in [-0.1, -0.05) is 6.07 Å². The van der Waals surface area contributed by atoms with E-state index in [1.54, 1.807) is 13.2 Å². The van der Waals surface area contributed by atoms with Crippen LogP contribution in [0.4, 0.5) is 0 Å². The Balaban J connectivity index is 1.76. The van der Waals surface area contributed by atoms with Gasteiger partial charge in [-0.25, -0.2) is 4.68 Å². The molecule has 22 heavy (non-hydrogen) atoms. The summed E-state index contributed by atoms with van der Waals surface area (Å²) < 4.78 is 9.23. The summed E-state index contributed by atoms with van der Waals surface area (Å²) in [6.07, 6.45) is 6.89. The quantitative estimate of drug-likeness (QED) is 0.790. The van der Waals surface area contributed by atoms with E-state index in [1.165, 1.54) is 11.1 Å². The van der Waals surface area contributed by atoms with Crippen molar-refractivity contribution in [1.29, 1.82) is 0 Å². The SMILES string of the molecule is Cn1[nH]cc(-c2ccc3c(cnn3C3CCCCO3)c2)c1=O. The molecule has 0 radical (unpaired) electrons. The zero-order chi connectivity index (χ0) is 15.1. The van der Waals surface area contributed by atoms with E-state index >= 15 is 0 Å². The number of nitrogens with zero attached hydrogens (tertiary/aromatic N) is 3. The van der Waals surface area contributed by atoms with Gasteiger partial charge < -0.3 is 9.84 Å². The number of hydrogen-bond donors (Lipinski definition) is 1. The van der Waals surface area contributed by atoms with Crippen molar-refractivity contribution in [2.75, 3.05) is 6.61 Å². The number of nitrogens with one attached hydrogen (secondary N) is 1. The molecule has 1 N–H and O–H groups in total. The van der Waals surface area contributed by atoms with Gasteiger partial charge in [0, 0.05) is 25.2 Å². The second-order valence-electron chi connectivity index (χ2n) is 5.74. The van der Waals surface area contributed by atoms with Crippen molar-refractivity contribution in [3.63, 3.8) is 0 Å². The van der Waals surface area contributed by atoms with Gasteiger partial charge in [-0.3, -0.25) is 9.48 Å². The van der Waals surface area contributed by atoms with Crippen LogP contribution < -0.4 is 5.56 Å². The molecule has 0 amide bonds. The summed E-state index contributed by atoms with van der Waals surface area (Å²) >= 11 is 0. The maximum absolute atomic E-state index is 12.0. The highest BCUT2D eigenvalue weighted by molar-refractivity contribution is 5.84. The molecule has 1 saturated heterocycles. The lowest BCUT2D eigenvalue weighted by Crippen LogP contribution is -2.18. The molecule has 114 valence electrons. The summed E-state index contributed by atoms with van der Waals surface area (Å²) in [7, 11) is 1.71. The van der Waals surface area contributed by atoms with E-state index in [0.29, 0.717) is 5.56 Å². The number of rotatable bonds is 2. The third kappa shape index (κ3) is 2.07. The molecule has 0 saturated carbocycles. The Morgan fingerprint density at radius 2 is 2.27 bits per heavy atom. The molecule has 1 atom stereocenters. The summed E-state index contributed by atoms with van der Waals surface area (Å²) in [5.74, 6) is 0. The van der Waals surface area contributed by atoms with E-state index < -0.39 is 0 Å². The minimum absolute atomic E-state index is 0.0252. The van der Waals surface area contributed by atoms with Crippen LogP contribution in [0.15, 0.2) is 35.4 Å². The van der Waals surface area contributed by atoms with Gasteiger partial charge in [-0.2, -0.15) is 5.10 Å². The molecular weight excluding hydrogens is 280 g/mol. The van der Waals surface area contributed by atoms with Gasteiger partial charge in [0.2, 0.25) is 0 Å². The van der Waals surface area contributed by atoms with Crippen LogP contribution in [0.5, 0.6) is 0 Å². The highest BCUT2D eigenvalue weighted by Crippen LogP contribution is 2.28. The minimum atomic E-state index is -0.0256. The number of hydrogen-bond acceptors (Lipinski definition) is 3. The molecule has 4 rings (SSSR count). The van der Waals surface area contributed by atoms with Crippen LogP contribution in [0, 0.1) is 0 Å². The molecule has 0 bridgehead atoms. The van der Waals surface area contributed by atoms with Crippen LogP contribution in [0.2, 0.25) is 0 Å². The summed E-state index contributed by atoms with van der Waals surface area (Å²) in [5, 5.41) is 8.41. The van der Waals surface area contributed by atoms with Crippen LogP contribution in [0.1, 0.15) is 25.5 Å². The first-order chi connectivity index (χ1) is 10.7. The third-order valence-corrected chi connectivity index (χ3v) is 4.27. The van der Waals surface area contributed by atoms with Crippen molar-refractivity contribution in [2.45, 2.75) is 25.5 Å². The van der Waals surface area contributed by atoms with E-state index in [4.69, 9.17) is 4.74 Å². The highest BCUT2D eigenvalue weighted by Gasteiger charge is 2.18. The molecule has 1 fully saturated rings. The van der Waals surface area contributed by atoms with Crippen molar-refractivity contribution in [2.24, 2.45) is 7.05 Å². The molecule has 1 aliphatic heterocycles. The number of aromatic nitrogens is 4. The van der Waals surface area contributed by atoms with Crippen LogP contribution in [0.3, 0.4) is 0 Å². The predicted molar refractivity (Wildman–Crippen MR) is 83.6 cm³/mol. The fraction of sp³-hybridized carbons (Fsp3) is 0.375. The first-order valence-corrected chi connectivity index (χ1v) is 7.58. The molecule has 1 unspecified atom stereocenters. The summed E-state index contributed by atoms with van der Waals surface area (Å²) in [6, 6.07) is 5.99. The molecule has 0 aliphatic carbocycles. The zero-order valence-electron chi connectivity index (χ0n) is 12.5. The van der Waals surface area contributed by atoms with Gasteiger partial charge in [0.1, 0.15) is 0 Å². The van der Waals surface area contributed by atoms with Gasteiger partial charge in [0.05, 0.1) is 17.3 Å². The lowest BCUT2D eigenvalue weighted by atomic mass is 10.1. The lowest BCUT2D eigenvalue weighted by molar-refractivity contribution is -0.0366. The Kier molecular flexibility index (Phi) is 3.11. The number of benzene rings is 1. The largest absolute Gasteiger partial charge is 0.356 e. The van der Waals surface area contributed by atoms with E-state index in [2.05, 4.69) is 10.2 Å². The number of H-pyrrole nitrogens is 1. The number of ether oxygens (including phenoxy) is 1. The number of aromatic amines is 1. The summed E-state index contributed by atoms with van der Waals surface area (Å²) in [6.45, 7) is 0.795. The van der Waals surface area contributed by atoms with Crippen LogP contribution in [-0.2, 0) is 11.8 Å². The average molecular weight is 298 g/mol. The van der Waals surface area contributed by atoms with Crippen LogP contribution >= 0.6 is 0 Å². The molecule has 3 heterocycles. The Morgan fingerprint density at radius 3 is 3.00 bits per heavy atom. The Morgan fingerprint density at radius 1 is 1.36 bits per heavy atom. The van der Waals surface area contributed by atoms with Gasteiger partial charge in [-0.05, 0) is 37.0 Å². The molecule has 6 heteroatoms. The van der Waals surface area contributed by atoms with Crippen molar-refractivity contribution in [1.82, 2.24) is 19.6 Å². The molecule has 3 aromatic rings. The van der Waals surface area contributed by atoms with E-state index in [0.717, 1.165) is 35.9 Å². The monoisotopic (exact) mass is 298 g/mol. The first-order valence-electron chi connectivity index (χ1n) is 7.58. The number of aryl methyl sites for hydroxylation is 1. The molecular formula is C16H18N4O2. The van der Waals surface area contributed by atoms with Crippen molar-refractivity contribution >= 4 is 10.9 Å². The van der Waals surface area contributed by atoms with Crippen molar-refractivity contribution < 1.29 is 4.74 Å². The van der Waals surface area contributed by atoms with Crippen molar-refractivity contribution in [3.05, 3.63) is 40.9 Å². The first kappa shape index (κ1) is 13.3. The fourth-order valence-corrected chi connectivity index (χ4v) is 3.04. The van der Waals surface area contributed by atoms with Gasteiger partial charge in [-0.15, -0.1) is 0 Å². The smallest absolute Gasteiger partial charge is 0.274 e. The number of fused-ring (bicyclic) bond motifs is 1. The highest BCUT2D eigenvalue weighted by atomic mass is 16.5. The maximum atomic E-state index is 12.0. The zero-order valence-corrected chi connectivity index (χ0v) is 12.5.